The lowest BCUT2D eigenvalue weighted by Gasteiger charge is -2.04. The van der Waals surface area contributed by atoms with Gasteiger partial charge in [0.2, 0.25) is 0 Å². The number of nitrogens with two attached hydrogens (primary N) is 2. The lowest BCUT2D eigenvalue weighted by Crippen LogP contribution is -2.18. The predicted molar refractivity (Wildman–Crippen MR) is 89.2 cm³/mol. The number of hydrogen-bond acceptors (Lipinski definition) is 6. The summed E-state index contributed by atoms with van der Waals surface area (Å²) in [4.78, 5) is 21.8. The van der Waals surface area contributed by atoms with Gasteiger partial charge in [-0.25, -0.2) is 0 Å². The Labute approximate surface area is 144 Å². The van der Waals surface area contributed by atoms with E-state index >= 15 is 0 Å². The highest BCUT2D eigenvalue weighted by Crippen LogP contribution is 2.25. The SMILES string of the molecule is COC(=O)C1CCC(N)C1.COC(=O)C1CCC(N)C1.Cl.Cl. The molecule has 0 saturated heterocycles. The number of rotatable bonds is 2. The minimum absolute atomic E-state index is 0. The first-order valence-corrected chi connectivity index (χ1v) is 7.14. The van der Waals surface area contributed by atoms with Crippen LogP contribution in [-0.2, 0) is 19.1 Å². The Kier molecular flexibility index (Phi) is 12.9. The van der Waals surface area contributed by atoms with Crippen molar-refractivity contribution in [2.24, 2.45) is 23.3 Å². The third-order valence-corrected chi connectivity index (χ3v) is 4.02. The number of carbonyl (C=O) groups is 2. The third-order valence-electron chi connectivity index (χ3n) is 4.02. The molecule has 4 unspecified atom stereocenters. The number of hydrogen-bond donors (Lipinski definition) is 2. The maximum Gasteiger partial charge on any atom is 0.308 e. The van der Waals surface area contributed by atoms with Crippen molar-refractivity contribution in [1.29, 1.82) is 0 Å². The molecular weight excluding hydrogens is 331 g/mol. The molecule has 4 atom stereocenters. The Morgan fingerprint density at radius 2 is 1.09 bits per heavy atom. The molecule has 0 aliphatic heterocycles. The van der Waals surface area contributed by atoms with Gasteiger partial charge in [0.05, 0.1) is 26.1 Å². The van der Waals surface area contributed by atoms with Crippen molar-refractivity contribution < 1.29 is 19.1 Å². The second-order valence-corrected chi connectivity index (χ2v) is 5.59. The Morgan fingerprint density at radius 1 is 0.773 bits per heavy atom. The monoisotopic (exact) mass is 358 g/mol. The zero-order valence-corrected chi connectivity index (χ0v) is 14.8. The molecular formula is C14H28Cl2N2O4. The van der Waals surface area contributed by atoms with Crippen molar-refractivity contribution >= 4 is 36.8 Å². The van der Waals surface area contributed by atoms with Crippen LogP contribution < -0.4 is 11.5 Å². The van der Waals surface area contributed by atoms with Gasteiger partial charge >= 0.3 is 11.9 Å². The number of ether oxygens (including phenoxy) is 2. The molecule has 2 fully saturated rings. The first-order chi connectivity index (χ1) is 9.47. The van der Waals surface area contributed by atoms with Crippen molar-refractivity contribution in [3.63, 3.8) is 0 Å². The predicted octanol–water partition coefficient (Wildman–Crippen LogP) is 1.42. The van der Waals surface area contributed by atoms with Crippen LogP contribution in [0.1, 0.15) is 38.5 Å². The van der Waals surface area contributed by atoms with E-state index in [1.54, 1.807) is 0 Å². The quantitative estimate of drug-likeness (QED) is 0.723. The van der Waals surface area contributed by atoms with Gasteiger partial charge < -0.3 is 20.9 Å². The summed E-state index contributed by atoms with van der Waals surface area (Å²) in [5.74, 6) is -0.0686. The van der Waals surface area contributed by atoms with Gasteiger partial charge in [-0.3, -0.25) is 9.59 Å². The fourth-order valence-electron chi connectivity index (χ4n) is 2.79. The van der Waals surface area contributed by atoms with Crippen LogP contribution in [0, 0.1) is 11.8 Å². The number of carbonyl (C=O) groups excluding carboxylic acids is 2. The van der Waals surface area contributed by atoms with Crippen molar-refractivity contribution in [2.75, 3.05) is 14.2 Å². The molecule has 0 aromatic carbocycles. The number of esters is 2. The summed E-state index contributed by atoms with van der Waals surface area (Å²) >= 11 is 0. The van der Waals surface area contributed by atoms with Gasteiger partial charge in [-0.15, -0.1) is 24.8 Å². The summed E-state index contributed by atoms with van der Waals surface area (Å²) < 4.78 is 9.18. The van der Waals surface area contributed by atoms with Gasteiger partial charge in [0.1, 0.15) is 0 Å². The average Bonchev–Trinajstić information content (AvgIpc) is 3.06. The lowest BCUT2D eigenvalue weighted by atomic mass is 10.1. The van der Waals surface area contributed by atoms with Crippen LogP contribution in [0.4, 0.5) is 0 Å². The molecule has 132 valence electrons. The molecule has 0 amide bonds. The summed E-state index contributed by atoms with van der Waals surface area (Å²) in [7, 11) is 2.85. The summed E-state index contributed by atoms with van der Waals surface area (Å²) in [5, 5.41) is 0. The van der Waals surface area contributed by atoms with Gasteiger partial charge in [-0.2, -0.15) is 0 Å². The molecule has 0 radical (unpaired) electrons. The molecule has 22 heavy (non-hydrogen) atoms. The normalized spacial score (nSPS) is 29.3. The van der Waals surface area contributed by atoms with Gasteiger partial charge in [-0.1, -0.05) is 0 Å². The second-order valence-electron chi connectivity index (χ2n) is 5.59. The average molecular weight is 359 g/mol. The Hall–Kier alpha value is -0.560. The minimum atomic E-state index is -0.104. The molecule has 2 aliphatic carbocycles. The molecule has 8 heteroatoms. The fraction of sp³-hybridized carbons (Fsp3) is 0.857. The molecule has 0 aromatic heterocycles. The van der Waals surface area contributed by atoms with Crippen LogP contribution in [0.2, 0.25) is 0 Å². The van der Waals surface area contributed by atoms with Crippen LogP contribution in [0.15, 0.2) is 0 Å². The maximum atomic E-state index is 10.9. The summed E-state index contributed by atoms with van der Waals surface area (Å²) in [5.41, 5.74) is 11.2. The summed E-state index contributed by atoms with van der Waals surface area (Å²) in [6.07, 6.45) is 5.31. The van der Waals surface area contributed by atoms with Gasteiger partial charge in [0.25, 0.3) is 0 Å². The highest BCUT2D eigenvalue weighted by Gasteiger charge is 2.28. The van der Waals surface area contributed by atoms with E-state index in [0.29, 0.717) is 0 Å². The van der Waals surface area contributed by atoms with Crippen molar-refractivity contribution in [3.8, 4) is 0 Å². The Morgan fingerprint density at radius 3 is 1.27 bits per heavy atom. The first-order valence-electron chi connectivity index (χ1n) is 7.14. The third kappa shape index (κ3) is 7.63. The number of methoxy groups -OCH3 is 2. The molecule has 2 saturated carbocycles. The van der Waals surface area contributed by atoms with E-state index in [4.69, 9.17) is 11.5 Å². The Balaban J connectivity index is 0. The second kappa shape index (κ2) is 11.9. The van der Waals surface area contributed by atoms with Crippen LogP contribution >= 0.6 is 24.8 Å². The zero-order valence-electron chi connectivity index (χ0n) is 13.2. The van der Waals surface area contributed by atoms with Crippen LogP contribution in [0.3, 0.4) is 0 Å². The van der Waals surface area contributed by atoms with E-state index in [2.05, 4.69) is 9.47 Å². The van der Waals surface area contributed by atoms with E-state index in [0.717, 1.165) is 38.5 Å². The van der Waals surface area contributed by atoms with E-state index in [9.17, 15) is 9.59 Å². The smallest absolute Gasteiger partial charge is 0.308 e. The van der Waals surface area contributed by atoms with Crippen LogP contribution in [0.25, 0.3) is 0 Å². The standard InChI is InChI=1S/2C7H13NO2.2ClH/c2*1-10-7(9)5-2-3-6(8)4-5;;/h2*5-6H,2-4,8H2,1H3;2*1H. The Bertz CT molecular complexity index is 313. The molecule has 6 nitrogen and oxygen atoms in total. The highest BCUT2D eigenvalue weighted by atomic mass is 35.5. The van der Waals surface area contributed by atoms with Crippen molar-refractivity contribution in [2.45, 2.75) is 50.6 Å². The van der Waals surface area contributed by atoms with Crippen LogP contribution in [0.5, 0.6) is 0 Å². The molecule has 0 spiro atoms. The van der Waals surface area contributed by atoms with E-state index in [-0.39, 0.29) is 60.7 Å². The van der Waals surface area contributed by atoms with Gasteiger partial charge in [-0.05, 0) is 38.5 Å². The topological polar surface area (TPSA) is 105 Å². The lowest BCUT2D eigenvalue weighted by molar-refractivity contribution is -0.146. The molecule has 0 bridgehead atoms. The summed E-state index contributed by atoms with van der Waals surface area (Å²) in [6.45, 7) is 0. The van der Waals surface area contributed by atoms with Gasteiger partial charge in [0.15, 0.2) is 0 Å². The largest absolute Gasteiger partial charge is 0.469 e. The minimum Gasteiger partial charge on any atom is -0.469 e. The van der Waals surface area contributed by atoms with E-state index < -0.39 is 0 Å². The molecule has 0 heterocycles. The molecule has 4 N–H and O–H groups in total. The number of halogens is 2. The van der Waals surface area contributed by atoms with E-state index in [1.165, 1.54) is 14.2 Å². The van der Waals surface area contributed by atoms with Crippen molar-refractivity contribution in [3.05, 3.63) is 0 Å². The molecule has 2 aliphatic rings. The zero-order chi connectivity index (χ0) is 15.1. The fourth-order valence-corrected chi connectivity index (χ4v) is 2.79. The van der Waals surface area contributed by atoms with Crippen LogP contribution in [-0.4, -0.2) is 38.2 Å². The first kappa shape index (κ1) is 23.7. The maximum absolute atomic E-state index is 10.9. The van der Waals surface area contributed by atoms with Gasteiger partial charge in [0, 0.05) is 12.1 Å². The highest BCUT2D eigenvalue weighted by molar-refractivity contribution is 5.85. The molecule has 2 rings (SSSR count). The van der Waals surface area contributed by atoms with E-state index in [1.807, 2.05) is 0 Å². The summed E-state index contributed by atoms with van der Waals surface area (Å²) in [6, 6.07) is 0.424. The van der Waals surface area contributed by atoms with Crippen molar-refractivity contribution in [1.82, 2.24) is 0 Å². The molecule has 0 aromatic rings.